The third kappa shape index (κ3) is 3.97. The maximum absolute atomic E-state index is 11.5. The summed E-state index contributed by atoms with van der Waals surface area (Å²) in [5, 5.41) is 6.40. The molecule has 1 saturated heterocycles. The van der Waals surface area contributed by atoms with Gasteiger partial charge < -0.3 is 15.5 Å². The Kier molecular flexibility index (Phi) is 5.41. The zero-order chi connectivity index (χ0) is 14.4. The summed E-state index contributed by atoms with van der Waals surface area (Å²) in [6.45, 7) is 8.65. The summed E-state index contributed by atoms with van der Waals surface area (Å²) in [5.74, 6) is 0.158. The lowest BCUT2D eigenvalue weighted by Crippen LogP contribution is -2.29. The first-order chi connectivity index (χ1) is 9.70. The van der Waals surface area contributed by atoms with Crippen LogP contribution in [0.3, 0.4) is 0 Å². The van der Waals surface area contributed by atoms with E-state index in [1.807, 2.05) is 0 Å². The Hall–Kier alpha value is -1.55. The van der Waals surface area contributed by atoms with E-state index in [-0.39, 0.29) is 5.91 Å². The summed E-state index contributed by atoms with van der Waals surface area (Å²) in [5.41, 5.74) is 3.87. The maximum Gasteiger partial charge on any atom is 0.221 e. The number of hydrogen-bond donors (Lipinski definition) is 2. The van der Waals surface area contributed by atoms with Gasteiger partial charge in [0.2, 0.25) is 5.91 Å². The zero-order valence-electron chi connectivity index (χ0n) is 12.5. The number of carbonyl (C=O) groups is 1. The van der Waals surface area contributed by atoms with Crippen LogP contribution in [0.5, 0.6) is 0 Å². The van der Waals surface area contributed by atoms with Crippen molar-refractivity contribution in [3.8, 4) is 0 Å². The molecule has 1 heterocycles. The Balaban J connectivity index is 2.14. The number of carbonyl (C=O) groups excluding carboxylic acids is 1. The van der Waals surface area contributed by atoms with Crippen LogP contribution in [-0.2, 0) is 11.3 Å². The number of hydrogen-bond acceptors (Lipinski definition) is 3. The minimum absolute atomic E-state index is 0.158. The second kappa shape index (κ2) is 7.29. The van der Waals surface area contributed by atoms with Crippen LogP contribution in [0.1, 0.15) is 30.9 Å². The highest BCUT2D eigenvalue weighted by Crippen LogP contribution is 2.22. The van der Waals surface area contributed by atoms with Crippen LogP contribution < -0.4 is 15.5 Å². The predicted octanol–water partition coefficient (Wildman–Crippen LogP) is 1.82. The van der Waals surface area contributed by atoms with Gasteiger partial charge in [0.15, 0.2) is 0 Å². The van der Waals surface area contributed by atoms with Crippen molar-refractivity contribution in [1.82, 2.24) is 10.6 Å². The first-order valence-corrected chi connectivity index (χ1v) is 7.52. The third-order valence-corrected chi connectivity index (χ3v) is 3.63. The molecular weight excluding hydrogens is 250 g/mol. The first-order valence-electron chi connectivity index (χ1n) is 7.52. The van der Waals surface area contributed by atoms with Gasteiger partial charge in [0.05, 0.1) is 0 Å². The Morgan fingerprint density at radius 1 is 1.35 bits per heavy atom. The summed E-state index contributed by atoms with van der Waals surface area (Å²) in [6.07, 6.45) is 1.72. The molecule has 0 radical (unpaired) electrons. The largest absolute Gasteiger partial charge is 0.369 e. The van der Waals surface area contributed by atoms with Crippen LogP contribution in [0.15, 0.2) is 18.2 Å². The van der Waals surface area contributed by atoms with Gasteiger partial charge >= 0.3 is 0 Å². The summed E-state index contributed by atoms with van der Waals surface area (Å²) in [4.78, 5) is 13.8. The van der Waals surface area contributed by atoms with Gasteiger partial charge in [-0.15, -0.1) is 0 Å². The molecule has 1 amide bonds. The number of amides is 1. The van der Waals surface area contributed by atoms with Crippen molar-refractivity contribution in [2.24, 2.45) is 0 Å². The van der Waals surface area contributed by atoms with Crippen LogP contribution in [-0.4, -0.2) is 32.1 Å². The van der Waals surface area contributed by atoms with Gasteiger partial charge in [0.25, 0.3) is 0 Å². The molecule has 4 heteroatoms. The minimum Gasteiger partial charge on any atom is -0.369 e. The number of nitrogens with zero attached hydrogens (tertiary/aromatic N) is 1. The fourth-order valence-electron chi connectivity index (χ4n) is 2.57. The van der Waals surface area contributed by atoms with E-state index in [4.69, 9.17) is 0 Å². The summed E-state index contributed by atoms with van der Waals surface area (Å²) < 4.78 is 0. The van der Waals surface area contributed by atoms with Crippen LogP contribution in [0, 0.1) is 6.92 Å². The fourth-order valence-corrected chi connectivity index (χ4v) is 2.57. The van der Waals surface area contributed by atoms with Crippen molar-refractivity contribution in [2.75, 3.05) is 31.1 Å². The molecule has 0 spiro atoms. The van der Waals surface area contributed by atoms with Crippen molar-refractivity contribution in [2.45, 2.75) is 33.2 Å². The molecule has 0 atom stereocenters. The Morgan fingerprint density at radius 3 is 3.00 bits per heavy atom. The molecule has 0 aliphatic carbocycles. The molecule has 2 N–H and O–H groups in total. The molecule has 0 unspecified atom stereocenters. The number of aryl methyl sites for hydroxylation is 1. The molecule has 1 aromatic rings. The van der Waals surface area contributed by atoms with E-state index in [0.29, 0.717) is 6.42 Å². The highest BCUT2D eigenvalue weighted by atomic mass is 16.1. The molecule has 0 bridgehead atoms. The van der Waals surface area contributed by atoms with Gasteiger partial charge in [-0.25, -0.2) is 0 Å². The topological polar surface area (TPSA) is 44.4 Å². The van der Waals surface area contributed by atoms with Crippen LogP contribution in [0.25, 0.3) is 0 Å². The lowest BCUT2D eigenvalue weighted by Gasteiger charge is -2.25. The van der Waals surface area contributed by atoms with E-state index in [2.05, 4.69) is 47.6 Å². The van der Waals surface area contributed by atoms with Crippen molar-refractivity contribution in [1.29, 1.82) is 0 Å². The van der Waals surface area contributed by atoms with Gasteiger partial charge in [-0.2, -0.15) is 0 Å². The summed E-state index contributed by atoms with van der Waals surface area (Å²) in [7, 11) is 0. The molecule has 1 fully saturated rings. The number of benzene rings is 1. The summed E-state index contributed by atoms with van der Waals surface area (Å²) >= 11 is 0. The molecule has 2 rings (SSSR count). The molecule has 4 nitrogen and oxygen atoms in total. The van der Waals surface area contributed by atoms with E-state index in [1.165, 1.54) is 16.8 Å². The number of anilines is 1. The third-order valence-electron chi connectivity index (χ3n) is 3.63. The normalized spacial score (nSPS) is 15.9. The van der Waals surface area contributed by atoms with Gasteiger partial charge in [0, 0.05) is 38.3 Å². The SMILES string of the molecule is CCCNCc1cc(C)ccc1N1CCNC(=O)CC1. The van der Waals surface area contributed by atoms with Crippen molar-refractivity contribution >= 4 is 11.6 Å². The molecular formula is C16H25N3O. The lowest BCUT2D eigenvalue weighted by atomic mass is 10.1. The van der Waals surface area contributed by atoms with Crippen molar-refractivity contribution in [3.63, 3.8) is 0 Å². The quantitative estimate of drug-likeness (QED) is 0.806. The monoisotopic (exact) mass is 275 g/mol. The highest BCUT2D eigenvalue weighted by Gasteiger charge is 2.16. The van der Waals surface area contributed by atoms with Gasteiger partial charge in [-0.1, -0.05) is 24.6 Å². The van der Waals surface area contributed by atoms with E-state index in [0.717, 1.165) is 39.1 Å². The zero-order valence-corrected chi connectivity index (χ0v) is 12.5. The number of nitrogens with one attached hydrogen (secondary N) is 2. The molecule has 20 heavy (non-hydrogen) atoms. The van der Waals surface area contributed by atoms with Gasteiger partial charge in [-0.05, 0) is 31.5 Å². The number of rotatable bonds is 5. The molecule has 1 aliphatic rings. The highest BCUT2D eigenvalue weighted by molar-refractivity contribution is 5.77. The van der Waals surface area contributed by atoms with E-state index in [1.54, 1.807) is 0 Å². The smallest absolute Gasteiger partial charge is 0.221 e. The average molecular weight is 275 g/mol. The standard InChI is InChI=1S/C16H25N3O/c1-3-7-17-12-14-11-13(2)4-5-15(14)19-9-6-16(20)18-8-10-19/h4-5,11,17H,3,6-10,12H2,1-2H3,(H,18,20). The Bertz CT molecular complexity index is 459. The van der Waals surface area contributed by atoms with Crippen molar-refractivity contribution in [3.05, 3.63) is 29.3 Å². The maximum atomic E-state index is 11.5. The lowest BCUT2D eigenvalue weighted by molar-refractivity contribution is -0.120. The molecule has 1 aromatic carbocycles. The van der Waals surface area contributed by atoms with E-state index >= 15 is 0 Å². The van der Waals surface area contributed by atoms with Crippen LogP contribution in [0.4, 0.5) is 5.69 Å². The average Bonchev–Trinajstić information content (AvgIpc) is 2.64. The van der Waals surface area contributed by atoms with E-state index < -0.39 is 0 Å². The van der Waals surface area contributed by atoms with Gasteiger partial charge in [-0.3, -0.25) is 4.79 Å². The van der Waals surface area contributed by atoms with Crippen LogP contribution >= 0.6 is 0 Å². The van der Waals surface area contributed by atoms with Crippen molar-refractivity contribution < 1.29 is 4.79 Å². The minimum atomic E-state index is 0.158. The molecule has 0 aromatic heterocycles. The fraction of sp³-hybridized carbons (Fsp3) is 0.562. The summed E-state index contributed by atoms with van der Waals surface area (Å²) in [6, 6.07) is 6.59. The Morgan fingerprint density at radius 2 is 2.20 bits per heavy atom. The predicted molar refractivity (Wildman–Crippen MR) is 83.0 cm³/mol. The second-order valence-electron chi connectivity index (χ2n) is 5.40. The first kappa shape index (κ1) is 14.9. The van der Waals surface area contributed by atoms with Gasteiger partial charge in [0.1, 0.15) is 0 Å². The molecule has 0 saturated carbocycles. The molecule has 110 valence electrons. The second-order valence-corrected chi connectivity index (χ2v) is 5.40. The Labute approximate surface area is 121 Å². The molecule has 1 aliphatic heterocycles. The van der Waals surface area contributed by atoms with E-state index in [9.17, 15) is 4.79 Å². The van der Waals surface area contributed by atoms with Crippen LogP contribution in [0.2, 0.25) is 0 Å².